The molecule has 1 aromatic heterocycles. The molecule has 7 nitrogen and oxygen atoms in total. The number of nitrogens with two attached hydrogens (primary N) is 1. The lowest BCUT2D eigenvalue weighted by Gasteiger charge is -2.33. The van der Waals surface area contributed by atoms with E-state index in [4.69, 9.17) is 10.5 Å². The van der Waals surface area contributed by atoms with Crippen LogP contribution < -0.4 is 10.6 Å². The summed E-state index contributed by atoms with van der Waals surface area (Å²) in [5, 5.41) is 11.9. The molecule has 0 radical (unpaired) electrons. The maximum atomic E-state index is 6.43. The smallest absolute Gasteiger partial charge is 0.245 e. The van der Waals surface area contributed by atoms with Crippen molar-refractivity contribution in [2.75, 3.05) is 11.5 Å². The standard InChI is InChI=1S/C20H30N6O/c1-14-12-18(21)19(26(14)20-22-23-24-25(20)2)13-27-17-10-8-16(9-11-17)15-6-4-3-5-7-15/h3-7,14,16-19H,8-13,21H2,1-2H3/t14-,16?,17?,18?,19+/m1/s1. The molecule has 7 heteroatoms. The number of ether oxygens (including phenoxy) is 1. The van der Waals surface area contributed by atoms with Crippen LogP contribution in [0.4, 0.5) is 5.95 Å². The van der Waals surface area contributed by atoms with Gasteiger partial charge in [0.05, 0.1) is 18.8 Å². The molecular formula is C20H30N6O. The number of benzene rings is 1. The lowest BCUT2D eigenvalue weighted by atomic mass is 9.83. The van der Waals surface area contributed by atoms with Crippen LogP contribution >= 0.6 is 0 Å². The van der Waals surface area contributed by atoms with E-state index in [0.29, 0.717) is 24.7 Å². The summed E-state index contributed by atoms with van der Waals surface area (Å²) in [6.45, 7) is 2.82. The maximum absolute atomic E-state index is 6.43. The van der Waals surface area contributed by atoms with E-state index in [1.165, 1.54) is 18.4 Å². The molecule has 1 saturated heterocycles. The summed E-state index contributed by atoms with van der Waals surface area (Å²) in [5.41, 5.74) is 7.89. The van der Waals surface area contributed by atoms with Crippen molar-refractivity contribution in [3.63, 3.8) is 0 Å². The Kier molecular flexibility index (Phi) is 5.41. The van der Waals surface area contributed by atoms with E-state index in [-0.39, 0.29) is 12.1 Å². The Morgan fingerprint density at radius 3 is 2.56 bits per heavy atom. The van der Waals surface area contributed by atoms with Crippen molar-refractivity contribution in [3.8, 4) is 0 Å². The Morgan fingerprint density at radius 2 is 1.89 bits per heavy atom. The van der Waals surface area contributed by atoms with Gasteiger partial charge in [-0.3, -0.25) is 0 Å². The first kappa shape index (κ1) is 18.4. The summed E-state index contributed by atoms with van der Waals surface area (Å²) < 4.78 is 8.05. The summed E-state index contributed by atoms with van der Waals surface area (Å²) in [7, 11) is 1.87. The number of hydrogen-bond donors (Lipinski definition) is 1. The first-order chi connectivity index (χ1) is 13.1. The summed E-state index contributed by atoms with van der Waals surface area (Å²) in [5.74, 6) is 1.44. The molecule has 0 amide bonds. The molecule has 2 aromatic rings. The highest BCUT2D eigenvalue weighted by molar-refractivity contribution is 5.36. The van der Waals surface area contributed by atoms with Crippen LogP contribution in [0.1, 0.15) is 50.5 Å². The molecule has 0 bridgehead atoms. The van der Waals surface area contributed by atoms with E-state index in [9.17, 15) is 0 Å². The molecule has 1 saturated carbocycles. The third-order valence-corrected chi connectivity index (χ3v) is 6.22. The van der Waals surface area contributed by atoms with Crippen molar-refractivity contribution in [2.45, 2.75) is 69.2 Å². The Labute approximate surface area is 160 Å². The minimum Gasteiger partial charge on any atom is -0.376 e. The summed E-state index contributed by atoms with van der Waals surface area (Å²) in [6.07, 6.45) is 5.87. The predicted octanol–water partition coefficient (Wildman–Crippen LogP) is 2.25. The molecule has 4 rings (SSSR count). The summed E-state index contributed by atoms with van der Waals surface area (Å²) in [4.78, 5) is 2.24. The van der Waals surface area contributed by atoms with Crippen LogP contribution in [-0.2, 0) is 11.8 Å². The van der Waals surface area contributed by atoms with Gasteiger partial charge in [-0.05, 0) is 60.9 Å². The summed E-state index contributed by atoms with van der Waals surface area (Å²) in [6, 6.07) is 11.4. The van der Waals surface area contributed by atoms with Gasteiger partial charge in [-0.25, -0.2) is 4.68 Å². The van der Waals surface area contributed by atoms with Gasteiger partial charge in [0.1, 0.15) is 0 Å². The van der Waals surface area contributed by atoms with Crippen molar-refractivity contribution < 1.29 is 4.74 Å². The van der Waals surface area contributed by atoms with Gasteiger partial charge < -0.3 is 15.4 Å². The second-order valence-corrected chi connectivity index (χ2v) is 8.04. The molecule has 0 spiro atoms. The molecule has 3 atom stereocenters. The molecule has 1 aromatic carbocycles. The SMILES string of the molecule is C[C@@H]1CC(N)[C@H](COC2CCC(c3ccccc3)CC2)N1c1nnnn1C. The van der Waals surface area contributed by atoms with Crippen LogP contribution in [0.3, 0.4) is 0 Å². The Balaban J connectivity index is 1.34. The second-order valence-electron chi connectivity index (χ2n) is 8.04. The fourth-order valence-corrected chi connectivity index (χ4v) is 4.71. The van der Waals surface area contributed by atoms with E-state index in [2.05, 4.69) is 57.7 Å². The van der Waals surface area contributed by atoms with E-state index < -0.39 is 0 Å². The van der Waals surface area contributed by atoms with E-state index in [0.717, 1.165) is 25.2 Å². The second kappa shape index (κ2) is 7.94. The zero-order valence-corrected chi connectivity index (χ0v) is 16.2. The molecule has 146 valence electrons. The van der Waals surface area contributed by atoms with Crippen molar-refractivity contribution in [3.05, 3.63) is 35.9 Å². The van der Waals surface area contributed by atoms with E-state index >= 15 is 0 Å². The van der Waals surface area contributed by atoms with Crippen molar-refractivity contribution in [2.24, 2.45) is 12.8 Å². The third-order valence-electron chi connectivity index (χ3n) is 6.22. The number of nitrogens with zero attached hydrogens (tertiary/aromatic N) is 5. The van der Waals surface area contributed by atoms with Gasteiger partial charge in [-0.1, -0.05) is 35.4 Å². The average molecular weight is 371 g/mol. The fourth-order valence-electron chi connectivity index (χ4n) is 4.71. The minimum atomic E-state index is 0.0809. The molecule has 2 heterocycles. The first-order valence-corrected chi connectivity index (χ1v) is 10.1. The van der Waals surface area contributed by atoms with Crippen molar-refractivity contribution >= 4 is 5.95 Å². The monoisotopic (exact) mass is 370 g/mol. The first-order valence-electron chi connectivity index (χ1n) is 10.1. The number of aromatic nitrogens is 4. The van der Waals surface area contributed by atoms with Crippen molar-refractivity contribution in [1.29, 1.82) is 0 Å². The largest absolute Gasteiger partial charge is 0.376 e. The van der Waals surface area contributed by atoms with Crippen LogP contribution in [0.15, 0.2) is 30.3 Å². The van der Waals surface area contributed by atoms with Gasteiger partial charge in [0.2, 0.25) is 5.95 Å². The minimum absolute atomic E-state index is 0.0809. The zero-order chi connectivity index (χ0) is 18.8. The normalized spacial score (nSPS) is 31.4. The number of hydrogen-bond acceptors (Lipinski definition) is 6. The molecule has 2 aliphatic rings. The van der Waals surface area contributed by atoms with Gasteiger partial charge in [0, 0.05) is 19.1 Å². The average Bonchev–Trinajstić information content (AvgIpc) is 3.22. The van der Waals surface area contributed by atoms with Crippen LogP contribution in [0, 0.1) is 0 Å². The fraction of sp³-hybridized carbons (Fsp3) is 0.650. The molecule has 1 aliphatic heterocycles. The van der Waals surface area contributed by atoms with Gasteiger partial charge in [0.15, 0.2) is 0 Å². The summed E-state index contributed by atoms with van der Waals surface area (Å²) >= 11 is 0. The highest BCUT2D eigenvalue weighted by Gasteiger charge is 2.40. The van der Waals surface area contributed by atoms with Crippen LogP contribution in [-0.4, -0.2) is 51.0 Å². The highest BCUT2D eigenvalue weighted by Crippen LogP contribution is 2.35. The molecule has 2 N–H and O–H groups in total. The number of anilines is 1. The van der Waals surface area contributed by atoms with Crippen molar-refractivity contribution in [1.82, 2.24) is 20.2 Å². The van der Waals surface area contributed by atoms with E-state index in [1.54, 1.807) is 4.68 Å². The third kappa shape index (κ3) is 3.84. The number of rotatable bonds is 5. The Hall–Kier alpha value is -1.99. The lowest BCUT2D eigenvalue weighted by molar-refractivity contribution is 0.0158. The van der Waals surface area contributed by atoms with Gasteiger partial charge in [-0.15, -0.1) is 0 Å². The molecule has 1 aliphatic carbocycles. The van der Waals surface area contributed by atoms with Gasteiger partial charge in [-0.2, -0.15) is 0 Å². The zero-order valence-electron chi connectivity index (χ0n) is 16.2. The van der Waals surface area contributed by atoms with Gasteiger partial charge in [0.25, 0.3) is 0 Å². The van der Waals surface area contributed by atoms with Crippen LogP contribution in [0.2, 0.25) is 0 Å². The quantitative estimate of drug-likeness (QED) is 0.869. The van der Waals surface area contributed by atoms with E-state index in [1.807, 2.05) is 7.05 Å². The lowest BCUT2D eigenvalue weighted by Crippen LogP contribution is -2.46. The number of tetrazole rings is 1. The topological polar surface area (TPSA) is 82.1 Å². The van der Waals surface area contributed by atoms with Gasteiger partial charge >= 0.3 is 0 Å². The molecular weight excluding hydrogens is 340 g/mol. The molecule has 27 heavy (non-hydrogen) atoms. The molecule has 1 unspecified atom stereocenters. The number of aryl methyl sites for hydroxylation is 1. The van der Waals surface area contributed by atoms with Crippen LogP contribution in [0.25, 0.3) is 0 Å². The Bertz CT molecular complexity index is 727. The maximum Gasteiger partial charge on any atom is 0.245 e. The van der Waals surface area contributed by atoms with Crippen LogP contribution in [0.5, 0.6) is 0 Å². The predicted molar refractivity (Wildman–Crippen MR) is 105 cm³/mol. The highest BCUT2D eigenvalue weighted by atomic mass is 16.5. The molecule has 2 fully saturated rings. The Morgan fingerprint density at radius 1 is 1.15 bits per heavy atom.